The molecule has 7 rings (SSSR count). The number of benzene rings is 5. The Hall–Kier alpha value is -6.07. The molecule has 0 unspecified atom stereocenters. The lowest BCUT2D eigenvalue weighted by atomic mass is 10.0. The third-order valence-electron chi connectivity index (χ3n) is 7.56. The molecule has 5 nitrogen and oxygen atoms in total. The Balaban J connectivity index is 1.31. The zero-order chi connectivity index (χ0) is 29.7. The summed E-state index contributed by atoms with van der Waals surface area (Å²) in [5, 5.41) is 5.27. The lowest BCUT2D eigenvalue weighted by molar-refractivity contribution is 0.0956. The van der Waals surface area contributed by atoms with Gasteiger partial charge in [-0.15, -0.1) is 0 Å². The first-order chi connectivity index (χ1) is 21.8. The van der Waals surface area contributed by atoms with E-state index in [0.29, 0.717) is 5.56 Å². The van der Waals surface area contributed by atoms with Crippen LogP contribution in [0, 0.1) is 0 Å². The van der Waals surface area contributed by atoms with Gasteiger partial charge in [-0.2, -0.15) is 5.10 Å². The summed E-state index contributed by atoms with van der Waals surface area (Å²) in [4.78, 5) is 18.5. The van der Waals surface area contributed by atoms with Crippen LogP contribution < -0.4 is 5.43 Å². The lowest BCUT2D eigenvalue weighted by Gasteiger charge is -2.15. The van der Waals surface area contributed by atoms with Crippen molar-refractivity contribution in [1.29, 1.82) is 0 Å². The highest BCUT2D eigenvalue weighted by Gasteiger charge is 2.19. The van der Waals surface area contributed by atoms with E-state index >= 15 is 0 Å². The average molecular weight is 569 g/mol. The molecule has 0 aliphatic carbocycles. The summed E-state index contributed by atoms with van der Waals surface area (Å²) in [6.45, 7) is 0. The third-order valence-corrected chi connectivity index (χ3v) is 7.56. The zero-order valence-electron chi connectivity index (χ0n) is 23.8. The van der Waals surface area contributed by atoms with Gasteiger partial charge in [-0.1, -0.05) is 127 Å². The van der Waals surface area contributed by atoms with Gasteiger partial charge in [0.2, 0.25) is 0 Å². The molecule has 2 aromatic heterocycles. The van der Waals surface area contributed by atoms with Crippen LogP contribution in [-0.4, -0.2) is 21.7 Å². The Kier molecular flexibility index (Phi) is 7.33. The van der Waals surface area contributed by atoms with Gasteiger partial charge in [0, 0.05) is 22.2 Å². The molecule has 0 fully saturated rings. The van der Waals surface area contributed by atoms with Crippen molar-refractivity contribution in [1.82, 2.24) is 15.0 Å². The van der Waals surface area contributed by atoms with Gasteiger partial charge >= 0.3 is 0 Å². The van der Waals surface area contributed by atoms with E-state index in [0.717, 1.165) is 55.9 Å². The SMILES string of the molecule is O=C(N/N=C\c1cc(-c2ccccc2)n(-c2ccccc2)c1-c1ccccc1)c1cc(-c2ccccc2)nc2ccccc12. The van der Waals surface area contributed by atoms with Gasteiger partial charge < -0.3 is 4.57 Å². The van der Waals surface area contributed by atoms with E-state index in [9.17, 15) is 4.79 Å². The number of fused-ring (bicyclic) bond motifs is 1. The number of carbonyl (C=O) groups excluding carboxylic acids is 1. The highest BCUT2D eigenvalue weighted by atomic mass is 16.2. The molecule has 0 atom stereocenters. The van der Waals surface area contributed by atoms with Crippen molar-refractivity contribution in [3.05, 3.63) is 169 Å². The van der Waals surface area contributed by atoms with Crippen LogP contribution in [0.4, 0.5) is 0 Å². The number of para-hydroxylation sites is 2. The summed E-state index contributed by atoms with van der Waals surface area (Å²) in [6, 6.07) is 52.3. The van der Waals surface area contributed by atoms with E-state index in [1.54, 1.807) is 6.21 Å². The Morgan fingerprint density at radius 3 is 1.89 bits per heavy atom. The average Bonchev–Trinajstić information content (AvgIpc) is 3.48. The van der Waals surface area contributed by atoms with Gasteiger partial charge in [-0.25, -0.2) is 10.4 Å². The second kappa shape index (κ2) is 12.0. The normalized spacial score (nSPS) is 11.2. The first-order valence-corrected chi connectivity index (χ1v) is 14.5. The molecule has 5 aromatic carbocycles. The first-order valence-electron chi connectivity index (χ1n) is 14.5. The van der Waals surface area contributed by atoms with Gasteiger partial charge in [-0.05, 0) is 41.5 Å². The number of pyridine rings is 1. The van der Waals surface area contributed by atoms with Crippen LogP contribution in [0.2, 0.25) is 0 Å². The molecule has 2 heterocycles. The number of nitrogens with zero attached hydrogens (tertiary/aromatic N) is 3. The maximum atomic E-state index is 13.6. The lowest BCUT2D eigenvalue weighted by Crippen LogP contribution is -2.18. The molecule has 0 aliphatic heterocycles. The van der Waals surface area contributed by atoms with Gasteiger partial charge in [0.1, 0.15) is 0 Å². The monoisotopic (exact) mass is 568 g/mol. The van der Waals surface area contributed by atoms with Crippen LogP contribution >= 0.6 is 0 Å². The standard InChI is InChI=1S/C39H28N4O/c44-39(34-26-36(28-15-5-1-6-16-28)41-35-24-14-13-23-33(34)35)42-40-27-31-25-37(29-17-7-2-8-18-29)43(32-21-11-4-12-22-32)38(31)30-19-9-3-10-20-30/h1-27H,(H,42,44)/b40-27-. The largest absolute Gasteiger partial charge is 0.309 e. The number of hydrogen-bond donors (Lipinski definition) is 1. The summed E-state index contributed by atoms with van der Waals surface area (Å²) in [5.74, 6) is -0.302. The number of hydrogen-bond acceptors (Lipinski definition) is 3. The van der Waals surface area contributed by atoms with E-state index in [1.165, 1.54) is 0 Å². The van der Waals surface area contributed by atoms with Gasteiger partial charge in [0.25, 0.3) is 5.91 Å². The Bertz CT molecular complexity index is 2090. The Morgan fingerprint density at radius 2 is 1.20 bits per heavy atom. The van der Waals surface area contributed by atoms with Crippen LogP contribution in [0.3, 0.4) is 0 Å². The Morgan fingerprint density at radius 1 is 0.636 bits per heavy atom. The van der Waals surface area contributed by atoms with Crippen molar-refractivity contribution in [3.8, 4) is 39.5 Å². The minimum atomic E-state index is -0.302. The van der Waals surface area contributed by atoms with Gasteiger partial charge in [0.05, 0.1) is 34.4 Å². The summed E-state index contributed by atoms with van der Waals surface area (Å²) in [6.07, 6.45) is 1.73. The fourth-order valence-corrected chi connectivity index (χ4v) is 5.53. The minimum Gasteiger partial charge on any atom is -0.309 e. The fourth-order valence-electron chi connectivity index (χ4n) is 5.53. The molecular weight excluding hydrogens is 540 g/mol. The highest BCUT2D eigenvalue weighted by Crippen LogP contribution is 2.35. The predicted molar refractivity (Wildman–Crippen MR) is 179 cm³/mol. The summed E-state index contributed by atoms with van der Waals surface area (Å²) in [5.41, 5.74) is 11.8. The van der Waals surface area contributed by atoms with Crippen molar-refractivity contribution in [2.45, 2.75) is 0 Å². The molecular formula is C39H28N4O. The number of rotatable bonds is 7. The molecule has 0 radical (unpaired) electrons. The van der Waals surface area contributed by atoms with Crippen LogP contribution in [0.15, 0.2) is 163 Å². The van der Waals surface area contributed by atoms with Crippen molar-refractivity contribution in [3.63, 3.8) is 0 Å². The van der Waals surface area contributed by atoms with E-state index in [1.807, 2.05) is 115 Å². The van der Waals surface area contributed by atoms with Crippen LogP contribution in [0.1, 0.15) is 15.9 Å². The smallest absolute Gasteiger partial charge is 0.272 e. The van der Waals surface area contributed by atoms with Crippen molar-refractivity contribution in [2.75, 3.05) is 0 Å². The molecule has 7 aromatic rings. The molecule has 44 heavy (non-hydrogen) atoms. The second-order valence-electron chi connectivity index (χ2n) is 10.4. The number of carbonyl (C=O) groups is 1. The number of hydrazone groups is 1. The van der Waals surface area contributed by atoms with Crippen LogP contribution in [-0.2, 0) is 0 Å². The van der Waals surface area contributed by atoms with Gasteiger partial charge in [-0.3, -0.25) is 4.79 Å². The maximum Gasteiger partial charge on any atom is 0.272 e. The summed E-state index contributed by atoms with van der Waals surface area (Å²) in [7, 11) is 0. The quantitative estimate of drug-likeness (QED) is 0.154. The van der Waals surface area contributed by atoms with Crippen LogP contribution in [0.5, 0.6) is 0 Å². The molecule has 0 aliphatic rings. The highest BCUT2D eigenvalue weighted by molar-refractivity contribution is 6.07. The number of aromatic nitrogens is 2. The number of amides is 1. The first kappa shape index (κ1) is 26.8. The third kappa shape index (κ3) is 5.30. The molecule has 0 saturated carbocycles. The molecule has 1 amide bonds. The van der Waals surface area contributed by atoms with Crippen LogP contribution in [0.25, 0.3) is 50.4 Å². The molecule has 0 saturated heterocycles. The minimum absolute atomic E-state index is 0.302. The summed E-state index contributed by atoms with van der Waals surface area (Å²) < 4.78 is 2.25. The molecule has 0 bridgehead atoms. The van der Waals surface area contributed by atoms with E-state index in [2.05, 4.69) is 57.6 Å². The molecule has 1 N–H and O–H groups in total. The number of nitrogens with one attached hydrogen (secondary N) is 1. The second-order valence-corrected chi connectivity index (χ2v) is 10.4. The van der Waals surface area contributed by atoms with Crippen molar-refractivity contribution in [2.24, 2.45) is 5.10 Å². The zero-order valence-corrected chi connectivity index (χ0v) is 23.8. The molecule has 210 valence electrons. The summed E-state index contributed by atoms with van der Waals surface area (Å²) >= 11 is 0. The molecule has 0 spiro atoms. The molecule has 5 heteroatoms. The van der Waals surface area contributed by atoms with Crippen molar-refractivity contribution < 1.29 is 4.79 Å². The predicted octanol–water partition coefficient (Wildman–Crippen LogP) is 8.79. The fraction of sp³-hybridized carbons (Fsp3) is 0. The van der Waals surface area contributed by atoms with Crippen molar-refractivity contribution >= 4 is 23.0 Å². The van der Waals surface area contributed by atoms with Gasteiger partial charge in [0.15, 0.2) is 0 Å². The topological polar surface area (TPSA) is 59.3 Å². The van der Waals surface area contributed by atoms with E-state index in [4.69, 9.17) is 4.98 Å². The Labute approximate surface area is 255 Å². The van der Waals surface area contributed by atoms with E-state index in [-0.39, 0.29) is 5.91 Å². The van der Waals surface area contributed by atoms with E-state index < -0.39 is 0 Å². The maximum absolute atomic E-state index is 13.6.